The predicted molar refractivity (Wildman–Crippen MR) is 115 cm³/mol. The van der Waals surface area contributed by atoms with Crippen LogP contribution in [0.4, 0.5) is 11.6 Å². The molecule has 0 unspecified atom stereocenters. The van der Waals surface area contributed by atoms with Crippen molar-refractivity contribution >= 4 is 23.2 Å². The molecule has 3 heterocycles. The molecule has 150 valence electrons. The lowest BCUT2D eigenvalue weighted by Crippen LogP contribution is -2.22. The van der Waals surface area contributed by atoms with Crippen LogP contribution < -0.4 is 16.2 Å². The van der Waals surface area contributed by atoms with Crippen LogP contribution in [0.15, 0.2) is 47.7 Å². The van der Waals surface area contributed by atoms with Crippen LogP contribution in [0.2, 0.25) is 5.02 Å². The molecule has 1 fully saturated rings. The molecule has 29 heavy (non-hydrogen) atoms. The van der Waals surface area contributed by atoms with Crippen LogP contribution in [-0.4, -0.2) is 31.6 Å². The minimum Gasteiger partial charge on any atom is -0.367 e. The van der Waals surface area contributed by atoms with Crippen molar-refractivity contribution < 1.29 is 0 Å². The van der Waals surface area contributed by atoms with Crippen LogP contribution in [-0.2, 0) is 0 Å². The van der Waals surface area contributed by atoms with Crippen LogP contribution in [0.25, 0.3) is 5.69 Å². The summed E-state index contributed by atoms with van der Waals surface area (Å²) >= 11 is 5.99. The lowest BCUT2D eigenvalue weighted by atomic mass is 10.2. The number of rotatable bonds is 5. The molecule has 4 rings (SSSR count). The Kier molecular flexibility index (Phi) is 5.49. The average Bonchev–Trinajstić information content (AvgIpc) is 3.14. The summed E-state index contributed by atoms with van der Waals surface area (Å²) in [6.45, 7) is 3.93. The molecule has 0 aliphatic heterocycles. The zero-order valence-corrected chi connectivity index (χ0v) is 17.1. The van der Waals surface area contributed by atoms with Gasteiger partial charge in [0.2, 0.25) is 0 Å². The van der Waals surface area contributed by atoms with Crippen molar-refractivity contribution in [3.63, 3.8) is 0 Å². The van der Waals surface area contributed by atoms with E-state index in [2.05, 4.69) is 25.6 Å². The zero-order chi connectivity index (χ0) is 20.4. The van der Waals surface area contributed by atoms with E-state index >= 15 is 0 Å². The molecule has 7 nitrogen and oxygen atoms in total. The molecule has 0 radical (unpaired) electrons. The lowest BCUT2D eigenvalue weighted by molar-refractivity contribution is 0.718. The van der Waals surface area contributed by atoms with Gasteiger partial charge in [-0.05, 0) is 51.3 Å². The van der Waals surface area contributed by atoms with Gasteiger partial charge in [-0.3, -0.25) is 14.3 Å². The molecule has 0 spiro atoms. The Hall–Kier alpha value is -2.93. The summed E-state index contributed by atoms with van der Waals surface area (Å²) in [6, 6.07) is 7.46. The quantitative estimate of drug-likeness (QED) is 0.666. The highest BCUT2D eigenvalue weighted by Gasteiger charge is 2.25. The monoisotopic (exact) mass is 410 g/mol. The summed E-state index contributed by atoms with van der Waals surface area (Å²) in [6.07, 6.45) is 8.15. The maximum atomic E-state index is 12.0. The van der Waals surface area contributed by atoms with Gasteiger partial charge in [-0.1, -0.05) is 11.6 Å². The number of pyridine rings is 2. The van der Waals surface area contributed by atoms with Crippen LogP contribution in [0, 0.1) is 13.8 Å². The van der Waals surface area contributed by atoms with Gasteiger partial charge in [0, 0.05) is 24.3 Å². The second-order valence-corrected chi connectivity index (χ2v) is 7.82. The van der Waals surface area contributed by atoms with E-state index in [0.29, 0.717) is 22.8 Å². The summed E-state index contributed by atoms with van der Waals surface area (Å²) in [5, 5.41) is 7.47. The minimum atomic E-state index is -0.143. The third-order valence-corrected chi connectivity index (χ3v) is 5.45. The second-order valence-electron chi connectivity index (χ2n) is 7.38. The van der Waals surface area contributed by atoms with Crippen molar-refractivity contribution in [2.75, 3.05) is 10.6 Å². The van der Waals surface area contributed by atoms with Crippen molar-refractivity contribution in [2.24, 2.45) is 0 Å². The number of hydrogen-bond acceptors (Lipinski definition) is 6. The Labute approximate surface area is 174 Å². The number of nitrogens with one attached hydrogen (secondary N) is 2. The number of hydrogen-bond donors (Lipinski definition) is 2. The Morgan fingerprint density at radius 1 is 0.966 bits per heavy atom. The molecule has 3 aromatic rings. The molecule has 0 amide bonds. The third kappa shape index (κ3) is 4.56. The van der Waals surface area contributed by atoms with E-state index in [4.69, 9.17) is 11.6 Å². The molecule has 3 aromatic heterocycles. The fourth-order valence-electron chi connectivity index (χ4n) is 3.55. The summed E-state index contributed by atoms with van der Waals surface area (Å²) < 4.78 is 1.49. The van der Waals surface area contributed by atoms with Crippen molar-refractivity contribution in [3.8, 4) is 5.69 Å². The van der Waals surface area contributed by atoms with Gasteiger partial charge in [0.25, 0.3) is 5.56 Å². The van der Waals surface area contributed by atoms with E-state index in [1.54, 1.807) is 24.7 Å². The first kappa shape index (κ1) is 19.4. The first-order valence-corrected chi connectivity index (χ1v) is 10.0. The fraction of sp³-hybridized carbons (Fsp3) is 0.333. The molecule has 0 aromatic carbocycles. The maximum Gasteiger partial charge on any atom is 0.255 e. The van der Waals surface area contributed by atoms with Crippen molar-refractivity contribution in [2.45, 2.75) is 45.2 Å². The van der Waals surface area contributed by atoms with E-state index in [1.165, 1.54) is 10.6 Å². The fourth-order valence-corrected chi connectivity index (χ4v) is 3.71. The number of halogens is 1. The largest absolute Gasteiger partial charge is 0.367 e. The van der Waals surface area contributed by atoms with Gasteiger partial charge >= 0.3 is 0 Å². The van der Waals surface area contributed by atoms with Gasteiger partial charge in [-0.25, -0.2) is 9.97 Å². The molecule has 1 saturated carbocycles. The highest BCUT2D eigenvalue weighted by atomic mass is 35.5. The van der Waals surface area contributed by atoms with Crippen molar-refractivity contribution in [1.82, 2.24) is 19.5 Å². The standard InChI is InChI=1S/C21H23ClN6O/c1-13-14(2)25-20(11-23-13)27-17-5-4-16(9-17)26-19-7-6-18(10-24-19)28-12-15(22)3-8-21(28)29/h3,6-8,10-12,16-17H,4-5,9H2,1-2H3,(H,24,26)(H,25,27)/t16-,17-/m0/s1. The lowest BCUT2D eigenvalue weighted by Gasteiger charge is -2.16. The number of anilines is 2. The molecule has 1 aliphatic rings. The molecule has 0 saturated heterocycles. The molecule has 2 atom stereocenters. The first-order chi connectivity index (χ1) is 14.0. The Bertz CT molecular complexity index is 1070. The Morgan fingerprint density at radius 2 is 1.72 bits per heavy atom. The Morgan fingerprint density at radius 3 is 2.41 bits per heavy atom. The van der Waals surface area contributed by atoms with Gasteiger partial charge in [-0.2, -0.15) is 0 Å². The highest BCUT2D eigenvalue weighted by molar-refractivity contribution is 6.30. The van der Waals surface area contributed by atoms with E-state index in [9.17, 15) is 4.79 Å². The second kappa shape index (κ2) is 8.21. The molecule has 0 bridgehead atoms. The predicted octanol–water partition coefficient (Wildman–Crippen LogP) is 3.74. The van der Waals surface area contributed by atoms with Crippen molar-refractivity contribution in [1.29, 1.82) is 0 Å². The topological polar surface area (TPSA) is 84.7 Å². The normalized spacial score (nSPS) is 18.6. The van der Waals surface area contributed by atoms with Gasteiger partial charge in [0.15, 0.2) is 0 Å². The summed E-state index contributed by atoms with van der Waals surface area (Å²) in [4.78, 5) is 25.4. The molecule has 8 heteroatoms. The molecule has 2 N–H and O–H groups in total. The number of nitrogens with zero attached hydrogens (tertiary/aromatic N) is 4. The third-order valence-electron chi connectivity index (χ3n) is 5.23. The van der Waals surface area contributed by atoms with Gasteiger partial charge < -0.3 is 10.6 Å². The van der Waals surface area contributed by atoms with E-state index in [-0.39, 0.29) is 5.56 Å². The van der Waals surface area contributed by atoms with Gasteiger partial charge in [0.1, 0.15) is 11.6 Å². The summed E-state index contributed by atoms with van der Waals surface area (Å²) in [5.41, 5.74) is 2.44. The molecular weight excluding hydrogens is 388 g/mol. The first-order valence-electron chi connectivity index (χ1n) is 9.66. The summed E-state index contributed by atoms with van der Waals surface area (Å²) in [5.74, 6) is 1.62. The van der Waals surface area contributed by atoms with Gasteiger partial charge in [0.05, 0.1) is 34.5 Å². The van der Waals surface area contributed by atoms with Crippen LogP contribution in [0.1, 0.15) is 30.7 Å². The number of aromatic nitrogens is 4. The molecule has 1 aliphatic carbocycles. The van der Waals surface area contributed by atoms with Gasteiger partial charge in [-0.15, -0.1) is 0 Å². The smallest absolute Gasteiger partial charge is 0.255 e. The summed E-state index contributed by atoms with van der Waals surface area (Å²) in [7, 11) is 0. The van der Waals surface area contributed by atoms with Crippen LogP contribution in [0.5, 0.6) is 0 Å². The highest BCUT2D eigenvalue weighted by Crippen LogP contribution is 2.25. The van der Waals surface area contributed by atoms with E-state index < -0.39 is 0 Å². The van der Waals surface area contributed by atoms with E-state index in [1.807, 2.05) is 26.0 Å². The SMILES string of the molecule is Cc1ncc(N[C@H]2CC[C@H](Nc3ccc(-n4cc(Cl)ccc4=O)cn3)C2)nc1C. The zero-order valence-electron chi connectivity index (χ0n) is 16.4. The molecular formula is C21H23ClN6O. The van der Waals surface area contributed by atoms with Crippen molar-refractivity contribution in [3.05, 3.63) is 69.6 Å². The minimum absolute atomic E-state index is 0.143. The average molecular weight is 411 g/mol. The van der Waals surface area contributed by atoms with Crippen LogP contribution in [0.3, 0.4) is 0 Å². The maximum absolute atomic E-state index is 12.0. The Balaban J connectivity index is 1.37. The van der Waals surface area contributed by atoms with E-state index in [0.717, 1.165) is 42.3 Å². The van der Waals surface area contributed by atoms with Crippen LogP contribution >= 0.6 is 11.6 Å². The number of aryl methyl sites for hydroxylation is 2.